The molecule has 1 saturated carbocycles. The predicted molar refractivity (Wildman–Crippen MR) is 106 cm³/mol. The van der Waals surface area contributed by atoms with Gasteiger partial charge in [-0.3, -0.25) is 4.79 Å². The molecule has 0 bridgehead atoms. The summed E-state index contributed by atoms with van der Waals surface area (Å²) in [5.74, 6) is 0.985. The highest BCUT2D eigenvalue weighted by atomic mass is 16.2. The molecule has 2 aliphatic rings. The van der Waals surface area contributed by atoms with Gasteiger partial charge in [0.25, 0.3) is 0 Å². The molecule has 4 rings (SSSR count). The Balaban J connectivity index is 1.35. The van der Waals surface area contributed by atoms with Gasteiger partial charge in [0.2, 0.25) is 11.9 Å². The first-order valence-electron chi connectivity index (χ1n) is 10.2. The molecule has 2 fully saturated rings. The van der Waals surface area contributed by atoms with E-state index < -0.39 is 0 Å². The zero-order valence-corrected chi connectivity index (χ0v) is 16.3. The molecule has 1 aromatic carbocycles. The smallest absolute Gasteiger partial charge is 0.240 e. The number of nitrogens with one attached hydrogen (secondary N) is 3. The van der Waals surface area contributed by atoms with Crippen LogP contribution < -0.4 is 10.6 Å². The Morgan fingerprint density at radius 3 is 2.93 bits per heavy atom. The fraction of sp³-hybridized carbons (Fsp3) is 0.550. The van der Waals surface area contributed by atoms with Crippen molar-refractivity contribution < 1.29 is 4.79 Å². The molecular weight excluding hydrogens is 368 g/mol. The third-order valence-electron chi connectivity index (χ3n) is 6.00. The van der Waals surface area contributed by atoms with Gasteiger partial charge in [0, 0.05) is 12.6 Å². The zero-order valence-electron chi connectivity index (χ0n) is 16.3. The average Bonchev–Trinajstić information content (AvgIpc) is 3.52. The number of rotatable bonds is 7. The van der Waals surface area contributed by atoms with Crippen LogP contribution in [0, 0.1) is 17.2 Å². The molecule has 1 saturated heterocycles. The summed E-state index contributed by atoms with van der Waals surface area (Å²) in [4.78, 5) is 14.2. The van der Waals surface area contributed by atoms with Crippen LogP contribution in [-0.4, -0.2) is 56.6 Å². The predicted octanol–water partition coefficient (Wildman–Crippen LogP) is 1.63. The van der Waals surface area contributed by atoms with Gasteiger partial charge in [0.05, 0.1) is 18.7 Å². The van der Waals surface area contributed by atoms with Gasteiger partial charge in [0.15, 0.2) is 0 Å². The van der Waals surface area contributed by atoms with Crippen molar-refractivity contribution in [3.63, 3.8) is 0 Å². The molecule has 1 unspecified atom stereocenters. The molecule has 9 heteroatoms. The van der Waals surface area contributed by atoms with Gasteiger partial charge in [-0.25, -0.2) is 5.10 Å². The van der Waals surface area contributed by atoms with E-state index in [9.17, 15) is 10.1 Å². The molecule has 1 amide bonds. The quantitative estimate of drug-likeness (QED) is 0.652. The number of hydrogen-bond donors (Lipinski definition) is 3. The molecule has 152 valence electrons. The zero-order chi connectivity index (χ0) is 20.1. The lowest BCUT2D eigenvalue weighted by Gasteiger charge is -2.25. The van der Waals surface area contributed by atoms with Gasteiger partial charge in [-0.05, 0) is 54.0 Å². The first kappa shape index (κ1) is 19.3. The summed E-state index contributed by atoms with van der Waals surface area (Å²) in [7, 11) is 0. The summed E-state index contributed by atoms with van der Waals surface area (Å²) in [5.41, 5.74) is 1.19. The molecule has 1 aromatic heterocycles. The molecular formula is C20H26N8O. The summed E-state index contributed by atoms with van der Waals surface area (Å²) in [5, 5.41) is 30.1. The van der Waals surface area contributed by atoms with Crippen LogP contribution in [0.1, 0.15) is 43.7 Å². The molecule has 9 nitrogen and oxygen atoms in total. The Kier molecular flexibility index (Phi) is 6.00. The summed E-state index contributed by atoms with van der Waals surface area (Å²) in [6.45, 7) is 0.988. The van der Waals surface area contributed by atoms with Crippen molar-refractivity contribution in [2.45, 2.75) is 50.2 Å². The first-order chi connectivity index (χ1) is 14.2. The average molecular weight is 394 g/mol. The molecule has 1 aliphatic carbocycles. The number of nitriles is 1. The second kappa shape index (κ2) is 9.01. The molecule has 0 radical (unpaired) electrons. The van der Waals surface area contributed by atoms with Crippen molar-refractivity contribution in [2.24, 2.45) is 5.92 Å². The number of carbonyl (C=O) groups excluding carboxylic acids is 1. The number of anilines is 1. The number of likely N-dealkylation sites (tertiary alicyclic amines) is 1. The third kappa shape index (κ3) is 4.54. The van der Waals surface area contributed by atoms with Crippen molar-refractivity contribution in [3.05, 3.63) is 35.9 Å². The number of aromatic nitrogens is 4. The maximum Gasteiger partial charge on any atom is 0.240 e. The number of hydrogen-bond acceptors (Lipinski definition) is 7. The van der Waals surface area contributed by atoms with Crippen LogP contribution in [-0.2, 0) is 4.79 Å². The minimum atomic E-state index is -0.261. The van der Waals surface area contributed by atoms with Gasteiger partial charge >= 0.3 is 0 Å². The molecule has 2 heterocycles. The number of H-pyrrole nitrogens is 1. The fourth-order valence-electron chi connectivity index (χ4n) is 4.54. The number of tetrazole rings is 1. The number of amides is 1. The van der Waals surface area contributed by atoms with E-state index in [2.05, 4.69) is 49.5 Å². The molecule has 1 aliphatic heterocycles. The van der Waals surface area contributed by atoms with Crippen molar-refractivity contribution in [1.82, 2.24) is 30.8 Å². The van der Waals surface area contributed by atoms with Crippen molar-refractivity contribution in [1.29, 1.82) is 5.26 Å². The highest BCUT2D eigenvalue weighted by Gasteiger charge is 2.33. The van der Waals surface area contributed by atoms with E-state index in [1.807, 2.05) is 18.2 Å². The Morgan fingerprint density at radius 2 is 2.17 bits per heavy atom. The van der Waals surface area contributed by atoms with Gasteiger partial charge in [-0.1, -0.05) is 35.4 Å². The Bertz CT molecular complexity index is 834. The number of aromatic amines is 1. The molecule has 4 atom stereocenters. The number of nitrogens with zero attached hydrogens (tertiary/aromatic N) is 5. The molecule has 2 aromatic rings. The standard InChI is InChI=1S/C20H26N8O/c21-12-17-7-4-10-28(17)18(29)13-22-16-9-8-15(11-16)19(14-5-2-1-3-6-14)23-20-24-26-27-25-20/h1-3,5-6,15-17,19,22H,4,7-11,13H2,(H2,23,24,25,26,27)/t15-,16+,17-,19?/m0/s1. The topological polar surface area (TPSA) is 123 Å². The maximum atomic E-state index is 12.5. The summed E-state index contributed by atoms with van der Waals surface area (Å²) in [6, 6.07) is 12.7. The van der Waals surface area contributed by atoms with Crippen LogP contribution in [0.5, 0.6) is 0 Å². The lowest BCUT2D eigenvalue weighted by Crippen LogP contribution is -2.43. The molecule has 0 spiro atoms. The van der Waals surface area contributed by atoms with Crippen LogP contribution in [0.3, 0.4) is 0 Å². The van der Waals surface area contributed by atoms with Gasteiger partial charge in [0.1, 0.15) is 6.04 Å². The van der Waals surface area contributed by atoms with Gasteiger partial charge < -0.3 is 15.5 Å². The van der Waals surface area contributed by atoms with E-state index in [1.165, 1.54) is 5.56 Å². The van der Waals surface area contributed by atoms with Crippen LogP contribution in [0.2, 0.25) is 0 Å². The molecule has 3 N–H and O–H groups in total. The van der Waals surface area contributed by atoms with Gasteiger partial charge in [-0.2, -0.15) is 5.26 Å². The summed E-state index contributed by atoms with van der Waals surface area (Å²) >= 11 is 0. The monoisotopic (exact) mass is 394 g/mol. The Morgan fingerprint density at radius 1 is 1.31 bits per heavy atom. The second-order valence-corrected chi connectivity index (χ2v) is 7.81. The number of benzene rings is 1. The van der Waals surface area contributed by atoms with Crippen LogP contribution in [0.4, 0.5) is 5.95 Å². The number of carbonyl (C=O) groups is 1. The van der Waals surface area contributed by atoms with E-state index in [1.54, 1.807) is 4.90 Å². The second-order valence-electron chi connectivity index (χ2n) is 7.81. The Hall–Kier alpha value is -2.99. The lowest BCUT2D eigenvalue weighted by molar-refractivity contribution is -0.130. The van der Waals surface area contributed by atoms with Gasteiger partial charge in [-0.15, -0.1) is 0 Å². The SMILES string of the molecule is N#C[C@@H]1CCCN1C(=O)CN[C@@H]1CC[C@H](C(Nc2nnn[nH]2)c2ccccc2)C1. The van der Waals surface area contributed by atoms with Crippen molar-refractivity contribution >= 4 is 11.9 Å². The molecule has 29 heavy (non-hydrogen) atoms. The minimum absolute atomic E-state index is 0.0305. The van der Waals surface area contributed by atoms with E-state index in [0.717, 1.165) is 32.1 Å². The summed E-state index contributed by atoms with van der Waals surface area (Å²) in [6.07, 6.45) is 4.72. The maximum absolute atomic E-state index is 12.5. The van der Waals surface area contributed by atoms with Crippen LogP contribution in [0.15, 0.2) is 30.3 Å². The minimum Gasteiger partial charge on any atom is -0.346 e. The summed E-state index contributed by atoms with van der Waals surface area (Å²) < 4.78 is 0. The van der Waals surface area contributed by atoms with Crippen LogP contribution >= 0.6 is 0 Å². The normalized spacial score (nSPS) is 24.9. The third-order valence-corrected chi connectivity index (χ3v) is 6.00. The fourth-order valence-corrected chi connectivity index (χ4v) is 4.54. The largest absolute Gasteiger partial charge is 0.346 e. The highest BCUT2D eigenvalue weighted by Crippen LogP contribution is 2.37. The van der Waals surface area contributed by atoms with E-state index in [0.29, 0.717) is 25.0 Å². The highest BCUT2D eigenvalue weighted by molar-refractivity contribution is 5.79. The van der Waals surface area contributed by atoms with E-state index in [4.69, 9.17) is 0 Å². The lowest BCUT2D eigenvalue weighted by atomic mass is 9.91. The first-order valence-corrected chi connectivity index (χ1v) is 10.2. The van der Waals surface area contributed by atoms with Crippen LogP contribution in [0.25, 0.3) is 0 Å². The van der Waals surface area contributed by atoms with E-state index >= 15 is 0 Å². The van der Waals surface area contributed by atoms with E-state index in [-0.39, 0.29) is 24.0 Å². The van der Waals surface area contributed by atoms with Crippen molar-refractivity contribution in [3.8, 4) is 6.07 Å². The van der Waals surface area contributed by atoms with Crippen molar-refractivity contribution in [2.75, 3.05) is 18.4 Å². The Labute approximate surface area is 169 Å².